The quantitative estimate of drug-likeness (QED) is 0.0949. The first-order valence-electron chi connectivity index (χ1n) is 13.6. The van der Waals surface area contributed by atoms with Gasteiger partial charge in [0.05, 0.1) is 37.1 Å². The highest BCUT2D eigenvalue weighted by Gasteiger charge is 2.48. The van der Waals surface area contributed by atoms with Crippen LogP contribution in [0.25, 0.3) is 5.76 Å². The second-order valence-electron chi connectivity index (χ2n) is 9.51. The summed E-state index contributed by atoms with van der Waals surface area (Å²) in [5.41, 5.74) is 2.16. The summed E-state index contributed by atoms with van der Waals surface area (Å²) >= 11 is 0.959. The summed E-state index contributed by atoms with van der Waals surface area (Å²) in [4.78, 5) is 45.6. The summed E-state index contributed by atoms with van der Waals surface area (Å²) in [6.07, 6.45) is 1.84. The lowest BCUT2D eigenvalue weighted by atomic mass is 9.95. The minimum atomic E-state index is -1.04. The van der Waals surface area contributed by atoms with E-state index in [1.807, 2.05) is 26.0 Å². The van der Waals surface area contributed by atoms with Crippen molar-refractivity contribution in [2.75, 3.05) is 24.7 Å². The number of aryl methyl sites for hydroxylation is 2. The summed E-state index contributed by atoms with van der Waals surface area (Å²) in [6, 6.07) is 11.2. The third-order valence-corrected chi connectivity index (χ3v) is 7.70. The number of rotatable bonds is 11. The van der Waals surface area contributed by atoms with E-state index in [0.717, 1.165) is 29.7 Å². The van der Waals surface area contributed by atoms with Crippen molar-refractivity contribution in [3.63, 3.8) is 0 Å². The van der Waals surface area contributed by atoms with Crippen LogP contribution in [0.4, 0.5) is 5.13 Å². The molecule has 4 rings (SSSR count). The van der Waals surface area contributed by atoms with Gasteiger partial charge in [-0.25, -0.2) is 9.78 Å². The normalized spacial score (nSPS) is 16.2. The number of anilines is 1. The number of carbonyl (C=O) groups excluding carboxylic acids is 3. The molecule has 1 saturated heterocycles. The SMILES string of the molecule is CCCCOc1ccc(C2C(=C(O)c3ccc(C)cc3)C(=O)C(=O)N2c2nc(C)c(C(=O)OCC)s2)cc1OCC. The maximum Gasteiger partial charge on any atom is 0.350 e. The number of aromatic nitrogens is 1. The summed E-state index contributed by atoms with van der Waals surface area (Å²) in [6.45, 7) is 10.2. The number of esters is 1. The molecule has 0 bridgehead atoms. The van der Waals surface area contributed by atoms with Crippen LogP contribution in [-0.2, 0) is 14.3 Å². The topological polar surface area (TPSA) is 115 Å². The highest BCUT2D eigenvalue weighted by molar-refractivity contribution is 7.17. The van der Waals surface area contributed by atoms with Gasteiger partial charge in [-0.2, -0.15) is 0 Å². The molecule has 0 saturated carbocycles. The molecule has 2 aromatic carbocycles. The van der Waals surface area contributed by atoms with Crippen LogP contribution in [0.2, 0.25) is 0 Å². The molecule has 0 radical (unpaired) electrons. The van der Waals surface area contributed by atoms with Crippen molar-refractivity contribution in [1.82, 2.24) is 4.98 Å². The van der Waals surface area contributed by atoms with Crippen LogP contribution in [0.3, 0.4) is 0 Å². The lowest BCUT2D eigenvalue weighted by Crippen LogP contribution is -2.29. The maximum atomic E-state index is 13.6. The molecule has 41 heavy (non-hydrogen) atoms. The smallest absolute Gasteiger partial charge is 0.350 e. The van der Waals surface area contributed by atoms with Crippen LogP contribution in [0.5, 0.6) is 11.5 Å². The number of hydrogen-bond acceptors (Lipinski definition) is 9. The van der Waals surface area contributed by atoms with Crippen LogP contribution in [-0.4, -0.2) is 47.6 Å². The second-order valence-corrected chi connectivity index (χ2v) is 10.5. The van der Waals surface area contributed by atoms with Gasteiger partial charge in [-0.1, -0.05) is 60.6 Å². The summed E-state index contributed by atoms with van der Waals surface area (Å²) in [7, 11) is 0. The number of aliphatic hydroxyl groups is 1. The van der Waals surface area contributed by atoms with Crippen molar-refractivity contribution in [2.45, 2.75) is 53.5 Å². The molecule has 1 fully saturated rings. The van der Waals surface area contributed by atoms with Crippen molar-refractivity contribution in [2.24, 2.45) is 0 Å². The number of hydrogen-bond donors (Lipinski definition) is 1. The van der Waals surface area contributed by atoms with Crippen molar-refractivity contribution < 1.29 is 33.7 Å². The fourth-order valence-electron chi connectivity index (χ4n) is 4.49. The van der Waals surface area contributed by atoms with Crippen molar-refractivity contribution >= 4 is 39.9 Å². The first-order valence-corrected chi connectivity index (χ1v) is 14.4. The van der Waals surface area contributed by atoms with Crippen molar-refractivity contribution in [1.29, 1.82) is 0 Å². The van der Waals surface area contributed by atoms with Gasteiger partial charge < -0.3 is 19.3 Å². The molecule has 1 aromatic heterocycles. The Kier molecular flexibility index (Phi) is 9.44. The molecule has 1 aliphatic rings. The Labute approximate surface area is 243 Å². The van der Waals surface area contributed by atoms with Crippen LogP contribution in [0, 0.1) is 13.8 Å². The van der Waals surface area contributed by atoms with Gasteiger partial charge in [0.25, 0.3) is 5.78 Å². The van der Waals surface area contributed by atoms with E-state index in [1.54, 1.807) is 44.2 Å². The summed E-state index contributed by atoms with van der Waals surface area (Å²) in [5, 5.41) is 11.6. The van der Waals surface area contributed by atoms with Crippen molar-refractivity contribution in [3.05, 3.63) is 75.3 Å². The molecule has 1 aliphatic heterocycles. The number of nitrogens with zero attached hydrogens (tertiary/aromatic N) is 2. The Morgan fingerprint density at radius 2 is 1.73 bits per heavy atom. The van der Waals surface area contributed by atoms with E-state index in [2.05, 4.69) is 11.9 Å². The fraction of sp³-hybridized carbons (Fsp3) is 0.355. The molecule has 0 aliphatic carbocycles. The van der Waals surface area contributed by atoms with Gasteiger partial charge in [0, 0.05) is 5.56 Å². The number of thiazole rings is 1. The number of ether oxygens (including phenoxy) is 3. The number of Topliss-reactive ketones (excluding diaryl/α,β-unsaturated/α-hetero) is 1. The van der Waals surface area contributed by atoms with Gasteiger partial charge in [0.1, 0.15) is 10.6 Å². The van der Waals surface area contributed by atoms with Crippen LogP contribution in [0.1, 0.15) is 71.7 Å². The number of ketones is 1. The molecule has 10 heteroatoms. The van der Waals surface area contributed by atoms with Gasteiger partial charge in [-0.15, -0.1) is 0 Å². The Morgan fingerprint density at radius 1 is 1.00 bits per heavy atom. The Hall–Kier alpha value is -4.18. The van der Waals surface area contributed by atoms with Gasteiger partial charge in [0.15, 0.2) is 16.6 Å². The molecule has 2 heterocycles. The standard InChI is InChI=1S/C31H34N2O7S/c1-6-9-16-40-22-15-14-21(17-23(22)38-7-2)25-24(26(34)20-12-10-18(4)11-13-20)27(35)29(36)33(25)31-32-19(5)28(41-31)30(37)39-8-3/h10-15,17,25,34H,6-9,16H2,1-5H3. The van der Waals surface area contributed by atoms with E-state index in [0.29, 0.717) is 41.5 Å². The first kappa shape index (κ1) is 29.8. The highest BCUT2D eigenvalue weighted by atomic mass is 32.1. The van der Waals surface area contributed by atoms with Crippen LogP contribution in [0.15, 0.2) is 48.0 Å². The average molecular weight is 579 g/mol. The first-order chi connectivity index (χ1) is 19.7. The Morgan fingerprint density at radius 3 is 2.39 bits per heavy atom. The molecule has 1 unspecified atom stereocenters. The minimum absolute atomic E-state index is 0.0912. The van der Waals surface area contributed by atoms with Gasteiger partial charge in [-0.3, -0.25) is 14.5 Å². The molecule has 0 spiro atoms. The Bertz CT molecular complexity index is 1480. The van der Waals surface area contributed by atoms with Gasteiger partial charge in [-0.05, 0) is 51.8 Å². The highest BCUT2D eigenvalue weighted by Crippen LogP contribution is 2.45. The summed E-state index contributed by atoms with van der Waals surface area (Å²) < 4.78 is 16.9. The number of unbranched alkanes of at least 4 members (excludes halogenated alkanes) is 1. The Balaban J connectivity index is 1.90. The largest absolute Gasteiger partial charge is 0.507 e. The van der Waals surface area contributed by atoms with Crippen LogP contribution >= 0.6 is 11.3 Å². The second kappa shape index (κ2) is 13.0. The molecular weight excluding hydrogens is 544 g/mol. The molecule has 216 valence electrons. The average Bonchev–Trinajstić information content (AvgIpc) is 3.46. The minimum Gasteiger partial charge on any atom is -0.507 e. The van der Waals surface area contributed by atoms with Crippen LogP contribution < -0.4 is 14.4 Å². The van der Waals surface area contributed by atoms with E-state index >= 15 is 0 Å². The van der Waals surface area contributed by atoms with E-state index in [9.17, 15) is 19.5 Å². The predicted octanol–water partition coefficient (Wildman–Crippen LogP) is 6.14. The zero-order valence-corrected chi connectivity index (χ0v) is 24.7. The van der Waals surface area contributed by atoms with Gasteiger partial charge in [0.2, 0.25) is 0 Å². The predicted molar refractivity (Wildman–Crippen MR) is 157 cm³/mol. The number of benzene rings is 2. The molecule has 1 atom stereocenters. The third-order valence-electron chi connectivity index (χ3n) is 6.56. The fourth-order valence-corrected chi connectivity index (χ4v) is 5.48. The lowest BCUT2D eigenvalue weighted by Gasteiger charge is -2.24. The zero-order chi connectivity index (χ0) is 29.7. The zero-order valence-electron chi connectivity index (χ0n) is 23.9. The summed E-state index contributed by atoms with van der Waals surface area (Å²) in [5.74, 6) is -1.61. The van der Waals surface area contributed by atoms with E-state index in [1.165, 1.54) is 4.90 Å². The molecule has 1 amide bonds. The molecule has 9 nitrogen and oxygen atoms in total. The maximum absolute atomic E-state index is 13.6. The molecular formula is C31H34N2O7S. The third kappa shape index (κ3) is 6.12. The lowest BCUT2D eigenvalue weighted by molar-refractivity contribution is -0.132. The van der Waals surface area contributed by atoms with Gasteiger partial charge >= 0.3 is 11.9 Å². The number of amides is 1. The van der Waals surface area contributed by atoms with Crippen molar-refractivity contribution in [3.8, 4) is 11.5 Å². The van der Waals surface area contributed by atoms with E-state index in [4.69, 9.17) is 14.2 Å². The monoisotopic (exact) mass is 578 g/mol. The number of aliphatic hydroxyl groups excluding tert-OH is 1. The van der Waals surface area contributed by atoms with E-state index in [-0.39, 0.29) is 27.9 Å². The number of carbonyl (C=O) groups is 3. The van der Waals surface area contributed by atoms with E-state index < -0.39 is 23.7 Å². The molecule has 3 aromatic rings. The molecule has 1 N–H and O–H groups in total.